The molecule has 1 aliphatic rings. The van der Waals surface area contributed by atoms with Gasteiger partial charge in [-0.3, -0.25) is 0 Å². The number of hydrogen-bond acceptors (Lipinski definition) is 5. The molecule has 1 saturated heterocycles. The Morgan fingerprint density at radius 2 is 2.29 bits per heavy atom. The zero-order valence-corrected chi connectivity index (χ0v) is 10.4. The van der Waals surface area contributed by atoms with Crippen LogP contribution >= 0.6 is 0 Å². The molecule has 0 aromatic rings. The highest BCUT2D eigenvalue weighted by atomic mass is 16.7. The Labute approximate surface area is 102 Å². The number of carbonyl (C=O) groups excluding carboxylic acids is 1. The van der Waals surface area contributed by atoms with Crippen molar-refractivity contribution in [1.29, 1.82) is 0 Å². The minimum absolute atomic E-state index is 0.0813. The molecule has 1 fully saturated rings. The third kappa shape index (κ3) is 5.70. The maximum atomic E-state index is 11.0. The van der Waals surface area contributed by atoms with E-state index in [1.165, 1.54) is 6.08 Å². The fourth-order valence-corrected chi connectivity index (χ4v) is 1.54. The van der Waals surface area contributed by atoms with Crippen molar-refractivity contribution in [3.05, 3.63) is 12.7 Å². The minimum Gasteiger partial charge on any atom is -0.434 e. The summed E-state index contributed by atoms with van der Waals surface area (Å²) in [6.07, 6.45) is 2.45. The van der Waals surface area contributed by atoms with Crippen molar-refractivity contribution in [2.75, 3.05) is 19.8 Å². The Balaban J connectivity index is 2.01. The molecule has 17 heavy (non-hydrogen) atoms. The van der Waals surface area contributed by atoms with Gasteiger partial charge >= 0.3 is 6.16 Å². The van der Waals surface area contributed by atoms with Crippen LogP contribution in [0.1, 0.15) is 26.7 Å². The van der Waals surface area contributed by atoms with Gasteiger partial charge in [0, 0.05) is 0 Å². The summed E-state index contributed by atoms with van der Waals surface area (Å²) < 4.78 is 20.5. The summed E-state index contributed by atoms with van der Waals surface area (Å²) in [5.74, 6) is -0.492. The molecule has 0 spiro atoms. The summed E-state index contributed by atoms with van der Waals surface area (Å²) in [7, 11) is 0. The molecule has 0 radical (unpaired) electrons. The van der Waals surface area contributed by atoms with E-state index in [-0.39, 0.29) is 12.7 Å². The third-order valence-corrected chi connectivity index (χ3v) is 2.28. The standard InChI is InChI=1S/C12H20O5/c1-4-7-14-11(13)15-8-5-6-10-9-16-12(2,3)17-10/h4,10H,1,5-9H2,2-3H3/t10-/m0/s1. The van der Waals surface area contributed by atoms with Crippen LogP contribution in [0.3, 0.4) is 0 Å². The van der Waals surface area contributed by atoms with Crippen LogP contribution in [0.25, 0.3) is 0 Å². The first-order chi connectivity index (χ1) is 8.03. The highest BCUT2D eigenvalue weighted by Crippen LogP contribution is 2.24. The summed E-state index contributed by atoms with van der Waals surface area (Å²) in [4.78, 5) is 11.0. The van der Waals surface area contributed by atoms with Crippen molar-refractivity contribution in [1.82, 2.24) is 0 Å². The summed E-state index contributed by atoms with van der Waals surface area (Å²) in [5, 5.41) is 0. The molecule has 5 nitrogen and oxygen atoms in total. The quantitative estimate of drug-likeness (QED) is 0.407. The molecule has 0 aliphatic carbocycles. The second kappa shape index (κ2) is 6.61. The van der Waals surface area contributed by atoms with Gasteiger partial charge in [0.05, 0.1) is 19.3 Å². The van der Waals surface area contributed by atoms with Gasteiger partial charge in [-0.1, -0.05) is 12.7 Å². The molecule has 0 unspecified atom stereocenters. The molecule has 0 amide bonds. The van der Waals surface area contributed by atoms with E-state index in [4.69, 9.17) is 14.2 Å². The van der Waals surface area contributed by atoms with Crippen molar-refractivity contribution in [2.24, 2.45) is 0 Å². The number of hydrogen-bond donors (Lipinski definition) is 0. The van der Waals surface area contributed by atoms with Crippen LogP contribution in [-0.4, -0.2) is 37.9 Å². The van der Waals surface area contributed by atoms with E-state index in [1.807, 2.05) is 13.8 Å². The monoisotopic (exact) mass is 244 g/mol. The Bertz CT molecular complexity index is 262. The Morgan fingerprint density at radius 3 is 2.88 bits per heavy atom. The summed E-state index contributed by atoms with van der Waals surface area (Å²) in [6.45, 7) is 8.30. The molecule has 1 heterocycles. The second-order valence-electron chi connectivity index (χ2n) is 4.29. The van der Waals surface area contributed by atoms with E-state index < -0.39 is 11.9 Å². The van der Waals surface area contributed by atoms with E-state index in [2.05, 4.69) is 11.3 Å². The molecule has 1 aliphatic heterocycles. The molecule has 5 heteroatoms. The van der Waals surface area contributed by atoms with Gasteiger partial charge in [0.15, 0.2) is 5.79 Å². The van der Waals surface area contributed by atoms with E-state index >= 15 is 0 Å². The van der Waals surface area contributed by atoms with E-state index in [1.54, 1.807) is 0 Å². The van der Waals surface area contributed by atoms with Crippen molar-refractivity contribution >= 4 is 6.16 Å². The van der Waals surface area contributed by atoms with Gasteiger partial charge in [-0.05, 0) is 26.7 Å². The topological polar surface area (TPSA) is 54.0 Å². The Hall–Kier alpha value is -1.07. The van der Waals surface area contributed by atoms with Crippen LogP contribution < -0.4 is 0 Å². The largest absolute Gasteiger partial charge is 0.508 e. The predicted molar refractivity (Wildman–Crippen MR) is 61.6 cm³/mol. The highest BCUT2D eigenvalue weighted by Gasteiger charge is 2.32. The second-order valence-corrected chi connectivity index (χ2v) is 4.29. The first-order valence-electron chi connectivity index (χ1n) is 5.76. The maximum Gasteiger partial charge on any atom is 0.508 e. The van der Waals surface area contributed by atoms with Gasteiger partial charge < -0.3 is 18.9 Å². The molecular weight excluding hydrogens is 224 g/mol. The summed E-state index contributed by atoms with van der Waals surface area (Å²) in [6, 6.07) is 0. The molecule has 0 aromatic carbocycles. The predicted octanol–water partition coefficient (Wildman–Crippen LogP) is 2.26. The first-order valence-corrected chi connectivity index (χ1v) is 5.76. The molecule has 1 rings (SSSR count). The van der Waals surface area contributed by atoms with Crippen LogP contribution in [0.4, 0.5) is 4.79 Å². The van der Waals surface area contributed by atoms with Gasteiger partial charge in [-0.15, -0.1) is 0 Å². The lowest BCUT2D eigenvalue weighted by molar-refractivity contribution is -0.139. The van der Waals surface area contributed by atoms with Crippen LogP contribution in [0, 0.1) is 0 Å². The van der Waals surface area contributed by atoms with E-state index in [0.717, 1.165) is 12.8 Å². The van der Waals surface area contributed by atoms with Crippen LogP contribution in [-0.2, 0) is 18.9 Å². The molecule has 0 saturated carbocycles. The zero-order valence-electron chi connectivity index (χ0n) is 10.4. The minimum atomic E-state index is -0.658. The normalized spacial score (nSPS) is 22.1. The van der Waals surface area contributed by atoms with E-state index in [0.29, 0.717) is 13.2 Å². The first kappa shape index (κ1) is 14.0. The summed E-state index contributed by atoms with van der Waals surface area (Å²) >= 11 is 0. The van der Waals surface area contributed by atoms with Crippen molar-refractivity contribution in [3.8, 4) is 0 Å². The lowest BCUT2D eigenvalue weighted by Crippen LogP contribution is -2.21. The molecule has 0 aromatic heterocycles. The van der Waals surface area contributed by atoms with Crippen molar-refractivity contribution in [3.63, 3.8) is 0 Å². The SMILES string of the molecule is C=CCOC(=O)OCCC[C@H]1COC(C)(C)O1. The van der Waals surface area contributed by atoms with Gasteiger partial charge in [0.1, 0.15) is 6.61 Å². The van der Waals surface area contributed by atoms with Gasteiger partial charge in [0.2, 0.25) is 0 Å². The molecule has 0 bridgehead atoms. The van der Waals surface area contributed by atoms with Crippen molar-refractivity contribution in [2.45, 2.75) is 38.6 Å². The highest BCUT2D eigenvalue weighted by molar-refractivity contribution is 5.59. The fourth-order valence-electron chi connectivity index (χ4n) is 1.54. The lowest BCUT2D eigenvalue weighted by Gasteiger charge is -2.16. The Kier molecular flexibility index (Phi) is 5.44. The zero-order chi connectivity index (χ0) is 12.7. The average Bonchev–Trinajstić information content (AvgIpc) is 2.61. The molecule has 0 N–H and O–H groups in total. The number of ether oxygens (including phenoxy) is 4. The lowest BCUT2D eigenvalue weighted by atomic mass is 10.2. The van der Waals surface area contributed by atoms with Gasteiger partial charge in [-0.2, -0.15) is 0 Å². The fraction of sp³-hybridized carbons (Fsp3) is 0.750. The number of rotatable bonds is 6. The molecule has 1 atom stereocenters. The number of carbonyl (C=O) groups is 1. The van der Waals surface area contributed by atoms with Gasteiger partial charge in [-0.25, -0.2) is 4.79 Å². The molecular formula is C12H20O5. The molecule has 98 valence electrons. The summed E-state index contributed by atoms with van der Waals surface area (Å²) in [5.41, 5.74) is 0. The van der Waals surface area contributed by atoms with Crippen LogP contribution in [0.15, 0.2) is 12.7 Å². The maximum absolute atomic E-state index is 11.0. The Morgan fingerprint density at radius 1 is 1.53 bits per heavy atom. The van der Waals surface area contributed by atoms with Crippen LogP contribution in [0.2, 0.25) is 0 Å². The van der Waals surface area contributed by atoms with Gasteiger partial charge in [0.25, 0.3) is 0 Å². The average molecular weight is 244 g/mol. The van der Waals surface area contributed by atoms with Crippen LogP contribution in [0.5, 0.6) is 0 Å². The van der Waals surface area contributed by atoms with Crippen molar-refractivity contribution < 1.29 is 23.7 Å². The van der Waals surface area contributed by atoms with E-state index in [9.17, 15) is 4.79 Å². The third-order valence-electron chi connectivity index (χ3n) is 2.28. The smallest absolute Gasteiger partial charge is 0.434 e.